The summed E-state index contributed by atoms with van der Waals surface area (Å²) in [5.74, 6) is 0. The van der Waals surface area contributed by atoms with Gasteiger partial charge in [-0.25, -0.2) is 0 Å². The van der Waals surface area contributed by atoms with Crippen LogP contribution in [0.15, 0.2) is 41.3 Å². The van der Waals surface area contributed by atoms with Crippen molar-refractivity contribution in [1.82, 2.24) is 15.3 Å². The molecule has 0 aromatic carbocycles. The summed E-state index contributed by atoms with van der Waals surface area (Å²) in [6, 6.07) is 6.63. The largest absolute Gasteiger partial charge is 0.310 e. The number of aromatic nitrogens is 2. The quantitative estimate of drug-likeness (QED) is 0.875. The first kappa shape index (κ1) is 15.1. The first-order chi connectivity index (χ1) is 9.72. The Labute approximate surface area is 129 Å². The molecule has 2 heterocycles. The molecule has 0 spiro atoms. The SMILES string of the molecule is CCNC(Cc1ccc(CC)cn1)c1cncc(Br)c1. The Bertz CT molecular complexity index is 540. The average Bonchev–Trinajstić information content (AvgIpc) is 2.47. The summed E-state index contributed by atoms with van der Waals surface area (Å²) < 4.78 is 1.01. The van der Waals surface area contributed by atoms with Crippen LogP contribution in [0.4, 0.5) is 0 Å². The summed E-state index contributed by atoms with van der Waals surface area (Å²) in [6.45, 7) is 5.18. The maximum absolute atomic E-state index is 4.55. The van der Waals surface area contributed by atoms with E-state index in [0.717, 1.165) is 29.6 Å². The van der Waals surface area contributed by atoms with Gasteiger partial charge < -0.3 is 5.32 Å². The lowest BCUT2D eigenvalue weighted by Crippen LogP contribution is -2.23. The molecule has 0 saturated carbocycles. The van der Waals surface area contributed by atoms with Crippen LogP contribution in [0.2, 0.25) is 0 Å². The second-order valence-electron chi connectivity index (χ2n) is 4.76. The number of nitrogens with one attached hydrogen (secondary N) is 1. The molecule has 0 aliphatic carbocycles. The van der Waals surface area contributed by atoms with Crippen LogP contribution in [0.1, 0.15) is 36.7 Å². The van der Waals surface area contributed by atoms with Gasteiger partial charge in [-0.15, -0.1) is 0 Å². The third-order valence-corrected chi connectivity index (χ3v) is 3.72. The molecule has 2 rings (SSSR count). The summed E-state index contributed by atoms with van der Waals surface area (Å²) in [4.78, 5) is 8.80. The van der Waals surface area contributed by atoms with E-state index in [1.807, 2.05) is 12.4 Å². The highest BCUT2D eigenvalue weighted by atomic mass is 79.9. The van der Waals surface area contributed by atoms with Gasteiger partial charge in [-0.3, -0.25) is 9.97 Å². The van der Waals surface area contributed by atoms with Gasteiger partial charge in [0, 0.05) is 41.2 Å². The Hall–Kier alpha value is -1.26. The Morgan fingerprint density at radius 1 is 1.20 bits per heavy atom. The highest BCUT2D eigenvalue weighted by Gasteiger charge is 2.12. The Morgan fingerprint density at radius 2 is 2.05 bits per heavy atom. The molecule has 1 unspecified atom stereocenters. The lowest BCUT2D eigenvalue weighted by Gasteiger charge is -2.18. The van der Waals surface area contributed by atoms with Crippen molar-refractivity contribution in [3.8, 4) is 0 Å². The average molecular weight is 334 g/mol. The van der Waals surface area contributed by atoms with Gasteiger partial charge in [-0.1, -0.05) is 19.9 Å². The van der Waals surface area contributed by atoms with Crippen molar-refractivity contribution in [2.45, 2.75) is 32.7 Å². The molecular formula is C16H20BrN3. The summed E-state index contributed by atoms with van der Waals surface area (Å²) in [7, 11) is 0. The van der Waals surface area contributed by atoms with Crippen LogP contribution in [0.25, 0.3) is 0 Å². The minimum atomic E-state index is 0.241. The minimum absolute atomic E-state index is 0.241. The molecule has 20 heavy (non-hydrogen) atoms. The predicted octanol–water partition coefficient (Wildman–Crippen LogP) is 3.69. The molecule has 0 saturated heterocycles. The molecule has 0 aliphatic heterocycles. The van der Waals surface area contributed by atoms with Crippen molar-refractivity contribution >= 4 is 15.9 Å². The van der Waals surface area contributed by atoms with E-state index in [1.165, 1.54) is 11.1 Å². The van der Waals surface area contributed by atoms with E-state index in [0.29, 0.717) is 0 Å². The van der Waals surface area contributed by atoms with Gasteiger partial charge in [-0.2, -0.15) is 0 Å². The lowest BCUT2D eigenvalue weighted by molar-refractivity contribution is 0.542. The summed E-state index contributed by atoms with van der Waals surface area (Å²) in [5, 5.41) is 3.50. The number of nitrogens with zero attached hydrogens (tertiary/aromatic N) is 2. The predicted molar refractivity (Wildman–Crippen MR) is 85.7 cm³/mol. The van der Waals surface area contributed by atoms with Crippen molar-refractivity contribution in [2.24, 2.45) is 0 Å². The molecule has 1 atom stereocenters. The van der Waals surface area contributed by atoms with Crippen LogP contribution in [0.5, 0.6) is 0 Å². The molecule has 0 fully saturated rings. The number of halogens is 1. The monoisotopic (exact) mass is 333 g/mol. The molecule has 0 radical (unpaired) electrons. The van der Waals surface area contributed by atoms with Crippen LogP contribution >= 0.6 is 15.9 Å². The first-order valence-corrected chi connectivity index (χ1v) is 7.79. The van der Waals surface area contributed by atoms with Crippen LogP contribution in [0.3, 0.4) is 0 Å². The number of aryl methyl sites for hydroxylation is 1. The molecule has 4 heteroatoms. The summed E-state index contributed by atoms with van der Waals surface area (Å²) in [5.41, 5.74) is 3.56. The second-order valence-corrected chi connectivity index (χ2v) is 5.68. The Balaban J connectivity index is 2.16. The molecule has 0 amide bonds. The molecule has 0 aliphatic rings. The van der Waals surface area contributed by atoms with Gasteiger partial charge in [0.15, 0.2) is 0 Å². The second kappa shape index (κ2) is 7.50. The third kappa shape index (κ3) is 4.12. The van der Waals surface area contributed by atoms with Gasteiger partial charge in [0.1, 0.15) is 0 Å². The van der Waals surface area contributed by atoms with E-state index in [4.69, 9.17) is 0 Å². The molecule has 1 N–H and O–H groups in total. The van der Waals surface area contributed by atoms with Crippen molar-refractivity contribution in [3.05, 3.63) is 58.1 Å². The molecule has 2 aromatic rings. The number of hydrogen-bond acceptors (Lipinski definition) is 3. The van der Waals surface area contributed by atoms with E-state index in [-0.39, 0.29) is 6.04 Å². The molecule has 106 valence electrons. The number of pyridine rings is 2. The van der Waals surface area contributed by atoms with Gasteiger partial charge in [0.2, 0.25) is 0 Å². The molecular weight excluding hydrogens is 314 g/mol. The zero-order valence-corrected chi connectivity index (χ0v) is 13.5. The Morgan fingerprint density at radius 3 is 2.65 bits per heavy atom. The normalized spacial score (nSPS) is 12.3. The van der Waals surface area contributed by atoms with E-state index in [1.54, 1.807) is 6.20 Å². The fourth-order valence-electron chi connectivity index (χ4n) is 2.17. The van der Waals surface area contributed by atoms with Crippen LogP contribution in [-0.4, -0.2) is 16.5 Å². The maximum Gasteiger partial charge on any atom is 0.0422 e. The molecule has 2 aromatic heterocycles. The molecule has 0 bridgehead atoms. The fraction of sp³-hybridized carbons (Fsp3) is 0.375. The van der Waals surface area contributed by atoms with Crippen molar-refractivity contribution in [3.63, 3.8) is 0 Å². The topological polar surface area (TPSA) is 37.8 Å². The lowest BCUT2D eigenvalue weighted by atomic mass is 10.0. The third-order valence-electron chi connectivity index (χ3n) is 3.29. The maximum atomic E-state index is 4.55. The Kier molecular flexibility index (Phi) is 5.68. The summed E-state index contributed by atoms with van der Waals surface area (Å²) in [6.07, 6.45) is 7.59. The number of rotatable bonds is 6. The highest BCUT2D eigenvalue weighted by Crippen LogP contribution is 2.20. The standard InChI is InChI=1S/C16H20BrN3/c1-3-12-5-6-15(20-9-12)8-16(19-4-2)13-7-14(17)11-18-10-13/h5-7,9-11,16,19H,3-4,8H2,1-2H3. The van der Waals surface area contributed by atoms with E-state index in [2.05, 4.69) is 63.3 Å². The number of likely N-dealkylation sites (N-methyl/N-ethyl adjacent to an activating group) is 1. The van der Waals surface area contributed by atoms with Gasteiger partial charge in [0.25, 0.3) is 0 Å². The highest BCUT2D eigenvalue weighted by molar-refractivity contribution is 9.10. The van der Waals surface area contributed by atoms with Crippen molar-refractivity contribution in [1.29, 1.82) is 0 Å². The first-order valence-electron chi connectivity index (χ1n) is 7.00. The van der Waals surface area contributed by atoms with E-state index in [9.17, 15) is 0 Å². The van der Waals surface area contributed by atoms with Crippen LogP contribution in [-0.2, 0) is 12.8 Å². The fourth-order valence-corrected chi connectivity index (χ4v) is 2.55. The van der Waals surface area contributed by atoms with Crippen LogP contribution in [0, 0.1) is 0 Å². The van der Waals surface area contributed by atoms with Gasteiger partial charge in [-0.05, 0) is 52.2 Å². The minimum Gasteiger partial charge on any atom is -0.310 e. The van der Waals surface area contributed by atoms with Crippen molar-refractivity contribution in [2.75, 3.05) is 6.54 Å². The summed E-state index contributed by atoms with van der Waals surface area (Å²) >= 11 is 3.48. The van der Waals surface area contributed by atoms with Crippen LogP contribution < -0.4 is 5.32 Å². The smallest absolute Gasteiger partial charge is 0.0422 e. The number of hydrogen-bond donors (Lipinski definition) is 1. The molecule has 3 nitrogen and oxygen atoms in total. The van der Waals surface area contributed by atoms with Gasteiger partial charge in [0.05, 0.1) is 0 Å². The van der Waals surface area contributed by atoms with Gasteiger partial charge >= 0.3 is 0 Å². The van der Waals surface area contributed by atoms with Crippen molar-refractivity contribution < 1.29 is 0 Å². The van der Waals surface area contributed by atoms with E-state index < -0.39 is 0 Å². The zero-order valence-electron chi connectivity index (χ0n) is 11.9. The van der Waals surface area contributed by atoms with E-state index >= 15 is 0 Å². The zero-order chi connectivity index (χ0) is 14.4.